The first-order valence-electron chi connectivity index (χ1n) is 11.1. The first-order chi connectivity index (χ1) is 17.9. The molecule has 4 rings (SSSR count). The van der Waals surface area contributed by atoms with Gasteiger partial charge in [0.2, 0.25) is 17.8 Å². The van der Waals surface area contributed by atoms with E-state index in [-0.39, 0.29) is 23.5 Å². The molecule has 0 fully saturated rings. The molecule has 0 atom stereocenters. The van der Waals surface area contributed by atoms with Crippen LogP contribution in [0.15, 0.2) is 71.8 Å². The number of nitro benzene ring substituents is 1. The van der Waals surface area contributed by atoms with Crippen LogP contribution in [0.4, 0.5) is 34.9 Å². The van der Waals surface area contributed by atoms with E-state index in [1.807, 2.05) is 37.3 Å². The molecule has 0 saturated carbocycles. The molecule has 1 heterocycles. The number of para-hydroxylation sites is 1. The molecule has 12 heteroatoms. The molecular weight excluding hydrogens is 476 g/mol. The van der Waals surface area contributed by atoms with Gasteiger partial charge in [-0.05, 0) is 42.8 Å². The van der Waals surface area contributed by atoms with Gasteiger partial charge in [-0.15, -0.1) is 0 Å². The van der Waals surface area contributed by atoms with Crippen LogP contribution in [0.25, 0.3) is 0 Å². The Morgan fingerprint density at radius 3 is 2.27 bits per heavy atom. The maximum absolute atomic E-state index is 10.9. The van der Waals surface area contributed by atoms with Crippen molar-refractivity contribution in [2.45, 2.75) is 6.92 Å². The van der Waals surface area contributed by atoms with E-state index in [4.69, 9.17) is 9.47 Å². The minimum Gasteiger partial charge on any atom is -0.497 e. The number of nitro groups is 1. The molecule has 0 aliphatic rings. The average Bonchev–Trinajstić information content (AvgIpc) is 2.90. The van der Waals surface area contributed by atoms with Crippen molar-refractivity contribution in [1.29, 1.82) is 0 Å². The second kappa shape index (κ2) is 11.4. The van der Waals surface area contributed by atoms with E-state index in [9.17, 15) is 10.1 Å². The van der Waals surface area contributed by atoms with Crippen LogP contribution in [0.1, 0.15) is 11.1 Å². The fourth-order valence-electron chi connectivity index (χ4n) is 3.25. The number of methoxy groups -OCH3 is 2. The summed E-state index contributed by atoms with van der Waals surface area (Å²) in [5.41, 5.74) is 5.91. The first-order valence-corrected chi connectivity index (χ1v) is 11.1. The lowest BCUT2D eigenvalue weighted by molar-refractivity contribution is -0.384. The van der Waals surface area contributed by atoms with Crippen molar-refractivity contribution in [2.75, 3.05) is 30.3 Å². The van der Waals surface area contributed by atoms with Gasteiger partial charge in [-0.1, -0.05) is 18.2 Å². The zero-order valence-electron chi connectivity index (χ0n) is 20.3. The number of anilines is 5. The third-order valence-corrected chi connectivity index (χ3v) is 5.17. The number of ether oxygens (including phenoxy) is 2. The molecule has 0 bridgehead atoms. The summed E-state index contributed by atoms with van der Waals surface area (Å²) < 4.78 is 10.6. The van der Waals surface area contributed by atoms with Gasteiger partial charge in [0.1, 0.15) is 11.5 Å². The van der Waals surface area contributed by atoms with Crippen LogP contribution in [0.3, 0.4) is 0 Å². The minimum atomic E-state index is -0.464. The Hall–Kier alpha value is -5.26. The van der Waals surface area contributed by atoms with Gasteiger partial charge in [0.25, 0.3) is 5.69 Å². The Labute approximate surface area is 212 Å². The number of aryl methyl sites for hydroxylation is 1. The van der Waals surface area contributed by atoms with Crippen molar-refractivity contribution in [3.63, 3.8) is 0 Å². The zero-order chi connectivity index (χ0) is 26.2. The van der Waals surface area contributed by atoms with Gasteiger partial charge in [-0.25, -0.2) is 5.43 Å². The number of rotatable bonds is 10. The van der Waals surface area contributed by atoms with Crippen LogP contribution in [0, 0.1) is 17.0 Å². The maximum Gasteiger partial charge on any atom is 0.269 e. The number of hydrogen-bond donors (Lipinski definition) is 3. The van der Waals surface area contributed by atoms with Crippen molar-refractivity contribution in [2.24, 2.45) is 5.10 Å². The van der Waals surface area contributed by atoms with Crippen LogP contribution in [0.5, 0.6) is 11.5 Å². The highest BCUT2D eigenvalue weighted by atomic mass is 16.6. The molecule has 0 unspecified atom stereocenters. The van der Waals surface area contributed by atoms with Gasteiger partial charge >= 0.3 is 0 Å². The van der Waals surface area contributed by atoms with Crippen molar-refractivity contribution < 1.29 is 14.4 Å². The molecule has 0 spiro atoms. The summed E-state index contributed by atoms with van der Waals surface area (Å²) in [6.45, 7) is 1.96. The monoisotopic (exact) mass is 500 g/mol. The number of non-ortho nitro benzene ring substituents is 1. The second-order valence-corrected chi connectivity index (χ2v) is 7.65. The molecule has 0 aliphatic carbocycles. The predicted octanol–water partition coefficient (Wildman–Crippen LogP) is 5.04. The number of hydrogen-bond acceptors (Lipinski definition) is 11. The van der Waals surface area contributed by atoms with Gasteiger partial charge in [0.15, 0.2) is 0 Å². The first kappa shape index (κ1) is 24.9. The molecule has 0 radical (unpaired) electrons. The lowest BCUT2D eigenvalue weighted by atomic mass is 10.2. The van der Waals surface area contributed by atoms with Gasteiger partial charge < -0.3 is 20.1 Å². The van der Waals surface area contributed by atoms with Crippen molar-refractivity contribution in [1.82, 2.24) is 15.0 Å². The number of aromatic nitrogens is 3. The standard InChI is InChI=1S/C25H24N8O4/c1-16-6-4-5-7-21(16)28-24-29-23(27-18-9-11-19(12-10-18)33(34)35)30-25(31-24)32-26-15-17-8-13-20(36-2)14-22(17)37-3/h4-15H,1-3H3,(H3,27,28,29,30,31,32)/b26-15+. The molecule has 4 aromatic rings. The highest BCUT2D eigenvalue weighted by Crippen LogP contribution is 2.24. The average molecular weight is 501 g/mol. The van der Waals surface area contributed by atoms with E-state index in [0.29, 0.717) is 22.7 Å². The molecular formula is C25H24N8O4. The third-order valence-electron chi connectivity index (χ3n) is 5.17. The van der Waals surface area contributed by atoms with Crippen molar-refractivity contribution >= 4 is 41.1 Å². The third kappa shape index (κ3) is 6.45. The van der Waals surface area contributed by atoms with Crippen LogP contribution >= 0.6 is 0 Å². The summed E-state index contributed by atoms with van der Waals surface area (Å²) in [5, 5.41) is 21.4. The van der Waals surface area contributed by atoms with E-state index in [0.717, 1.165) is 11.3 Å². The van der Waals surface area contributed by atoms with Gasteiger partial charge in [0.05, 0.1) is 25.4 Å². The highest BCUT2D eigenvalue weighted by Gasteiger charge is 2.10. The SMILES string of the molecule is COc1ccc(/C=N/Nc2nc(Nc3ccc([N+](=O)[O-])cc3)nc(Nc3ccccc3C)n2)c(OC)c1. The van der Waals surface area contributed by atoms with E-state index < -0.39 is 4.92 Å². The fraction of sp³-hybridized carbons (Fsp3) is 0.120. The lowest BCUT2D eigenvalue weighted by Crippen LogP contribution is -2.07. The van der Waals surface area contributed by atoms with E-state index in [2.05, 4.69) is 36.1 Å². The Morgan fingerprint density at radius 2 is 1.59 bits per heavy atom. The molecule has 3 aromatic carbocycles. The summed E-state index contributed by atoms with van der Waals surface area (Å²) >= 11 is 0. The number of nitrogens with one attached hydrogen (secondary N) is 3. The Bertz CT molecular complexity index is 1430. The quantitative estimate of drug-likeness (QED) is 0.154. The van der Waals surface area contributed by atoms with Crippen LogP contribution < -0.4 is 25.5 Å². The molecule has 1 aromatic heterocycles. The summed E-state index contributed by atoms with van der Waals surface area (Å²) in [7, 11) is 3.14. The maximum atomic E-state index is 10.9. The minimum absolute atomic E-state index is 0.0197. The van der Waals surface area contributed by atoms with Crippen molar-refractivity contribution in [3.05, 3.63) is 88.0 Å². The number of benzene rings is 3. The topological polar surface area (TPSA) is 149 Å². The Morgan fingerprint density at radius 1 is 0.892 bits per heavy atom. The molecule has 0 amide bonds. The summed E-state index contributed by atoms with van der Waals surface area (Å²) in [6.07, 6.45) is 1.57. The largest absolute Gasteiger partial charge is 0.497 e. The normalized spacial score (nSPS) is 10.7. The molecule has 0 aliphatic heterocycles. The van der Waals surface area contributed by atoms with Crippen LogP contribution in [0.2, 0.25) is 0 Å². The molecule has 3 N–H and O–H groups in total. The van der Waals surface area contributed by atoms with Crippen molar-refractivity contribution in [3.8, 4) is 11.5 Å². The molecule has 188 valence electrons. The number of nitrogens with zero attached hydrogens (tertiary/aromatic N) is 5. The van der Waals surface area contributed by atoms with Crippen LogP contribution in [-0.4, -0.2) is 40.3 Å². The summed E-state index contributed by atoms with van der Waals surface area (Å²) in [6, 6.07) is 19.0. The van der Waals surface area contributed by atoms with E-state index >= 15 is 0 Å². The molecule has 0 saturated heterocycles. The Balaban J connectivity index is 1.60. The summed E-state index contributed by atoms with van der Waals surface area (Å²) in [5.74, 6) is 1.89. The Kier molecular flexibility index (Phi) is 7.69. The molecule has 37 heavy (non-hydrogen) atoms. The van der Waals surface area contributed by atoms with E-state index in [1.54, 1.807) is 44.7 Å². The van der Waals surface area contributed by atoms with Gasteiger partial charge in [-0.3, -0.25) is 10.1 Å². The fourth-order valence-corrected chi connectivity index (χ4v) is 3.25. The smallest absolute Gasteiger partial charge is 0.269 e. The number of hydrazone groups is 1. The predicted molar refractivity (Wildman–Crippen MR) is 141 cm³/mol. The highest BCUT2D eigenvalue weighted by molar-refractivity contribution is 5.84. The second-order valence-electron chi connectivity index (χ2n) is 7.65. The van der Waals surface area contributed by atoms with Gasteiger partial charge in [0, 0.05) is 35.1 Å². The lowest BCUT2D eigenvalue weighted by Gasteiger charge is -2.11. The van der Waals surface area contributed by atoms with E-state index in [1.165, 1.54) is 12.1 Å². The van der Waals surface area contributed by atoms with Gasteiger partial charge in [-0.2, -0.15) is 20.1 Å². The zero-order valence-corrected chi connectivity index (χ0v) is 20.3. The van der Waals surface area contributed by atoms with Crippen LogP contribution in [-0.2, 0) is 0 Å². The molecule has 12 nitrogen and oxygen atoms in total. The summed E-state index contributed by atoms with van der Waals surface area (Å²) in [4.78, 5) is 23.7.